The van der Waals surface area contributed by atoms with E-state index in [1.807, 2.05) is 12.4 Å². The molecule has 1 aromatic heterocycles. The van der Waals surface area contributed by atoms with Crippen LogP contribution < -0.4 is 5.32 Å². The first-order valence-corrected chi connectivity index (χ1v) is 5.40. The fourth-order valence-corrected chi connectivity index (χ4v) is 1.55. The van der Waals surface area contributed by atoms with Crippen molar-refractivity contribution in [2.24, 2.45) is 0 Å². The minimum atomic E-state index is 0.635. The van der Waals surface area contributed by atoms with Crippen LogP contribution in [0.25, 0.3) is 0 Å². The minimum absolute atomic E-state index is 0.635. The van der Waals surface area contributed by atoms with E-state index in [9.17, 15) is 0 Å². The van der Waals surface area contributed by atoms with Crippen molar-refractivity contribution >= 4 is 0 Å². The number of pyridine rings is 1. The van der Waals surface area contributed by atoms with Gasteiger partial charge in [-0.2, -0.15) is 0 Å². The number of aryl methyl sites for hydroxylation is 1. The van der Waals surface area contributed by atoms with Crippen molar-refractivity contribution in [1.82, 2.24) is 10.3 Å². The summed E-state index contributed by atoms with van der Waals surface area (Å²) in [5, 5.41) is 3.52. The maximum absolute atomic E-state index is 4.17. The first kappa shape index (κ1) is 11.2. The zero-order valence-corrected chi connectivity index (χ0v) is 9.38. The zero-order chi connectivity index (χ0) is 10.4. The molecule has 0 spiro atoms. The Labute approximate surface area is 86.8 Å². The molecule has 0 atom stereocenters. The monoisotopic (exact) mass is 192 g/mol. The molecule has 0 amide bonds. The number of aromatic nitrogens is 1. The first-order chi connectivity index (χ1) is 6.76. The lowest BCUT2D eigenvalue weighted by Crippen LogP contribution is -2.27. The van der Waals surface area contributed by atoms with Crippen LogP contribution in [0.5, 0.6) is 0 Å². The average molecular weight is 192 g/mol. The molecule has 0 bridgehead atoms. The Kier molecular flexibility index (Phi) is 4.60. The van der Waals surface area contributed by atoms with Crippen LogP contribution in [-0.4, -0.2) is 11.0 Å². The van der Waals surface area contributed by atoms with Gasteiger partial charge in [0.2, 0.25) is 0 Å². The Bertz CT molecular complexity index is 267. The Morgan fingerprint density at radius 2 is 2.00 bits per heavy atom. The Hall–Kier alpha value is -0.890. The summed E-state index contributed by atoms with van der Waals surface area (Å²) in [5.41, 5.74) is 2.51. The van der Waals surface area contributed by atoms with Crippen LogP contribution >= 0.6 is 0 Å². The van der Waals surface area contributed by atoms with Gasteiger partial charge in [-0.15, -0.1) is 0 Å². The number of hydrogen-bond donors (Lipinski definition) is 1. The van der Waals surface area contributed by atoms with Crippen molar-refractivity contribution in [1.29, 1.82) is 0 Å². The molecule has 0 aliphatic rings. The number of nitrogens with one attached hydrogen (secondary N) is 1. The molecule has 1 aromatic rings. The lowest BCUT2D eigenvalue weighted by Gasteiger charge is -2.14. The summed E-state index contributed by atoms with van der Waals surface area (Å²) in [6.45, 7) is 7.44. The van der Waals surface area contributed by atoms with Gasteiger partial charge in [0.1, 0.15) is 0 Å². The molecule has 0 saturated carbocycles. The van der Waals surface area contributed by atoms with E-state index >= 15 is 0 Å². The summed E-state index contributed by atoms with van der Waals surface area (Å²) in [5.74, 6) is 0. The van der Waals surface area contributed by atoms with Crippen LogP contribution in [-0.2, 0) is 6.54 Å². The van der Waals surface area contributed by atoms with Crippen LogP contribution in [0, 0.1) is 6.92 Å². The standard InChI is InChI=1S/C12H20N2/c1-4-12(5-2)14-9-11-6-10(3)7-13-8-11/h6-8,12,14H,4-5,9H2,1-3H3. The van der Waals surface area contributed by atoms with Crippen LogP contribution in [0.4, 0.5) is 0 Å². The van der Waals surface area contributed by atoms with E-state index in [0.717, 1.165) is 6.54 Å². The Morgan fingerprint density at radius 1 is 1.29 bits per heavy atom. The summed E-state index contributed by atoms with van der Waals surface area (Å²) in [6.07, 6.45) is 6.20. The molecule has 1 N–H and O–H groups in total. The van der Waals surface area contributed by atoms with Crippen molar-refractivity contribution < 1.29 is 0 Å². The lowest BCUT2D eigenvalue weighted by atomic mass is 10.1. The molecule has 0 aliphatic carbocycles. The van der Waals surface area contributed by atoms with E-state index in [1.165, 1.54) is 24.0 Å². The third-order valence-corrected chi connectivity index (χ3v) is 2.51. The molecule has 2 nitrogen and oxygen atoms in total. The van der Waals surface area contributed by atoms with Gasteiger partial charge in [0.05, 0.1) is 0 Å². The zero-order valence-electron chi connectivity index (χ0n) is 9.38. The molecular formula is C12H20N2. The smallest absolute Gasteiger partial charge is 0.0313 e. The fraction of sp³-hybridized carbons (Fsp3) is 0.583. The summed E-state index contributed by atoms with van der Waals surface area (Å²) in [7, 11) is 0. The molecule has 0 unspecified atom stereocenters. The van der Waals surface area contributed by atoms with E-state index in [1.54, 1.807) is 0 Å². The molecule has 0 fully saturated rings. The van der Waals surface area contributed by atoms with Crippen LogP contribution in [0.15, 0.2) is 18.5 Å². The number of rotatable bonds is 5. The van der Waals surface area contributed by atoms with Crippen LogP contribution in [0.1, 0.15) is 37.8 Å². The predicted octanol–water partition coefficient (Wildman–Crippen LogP) is 2.67. The first-order valence-electron chi connectivity index (χ1n) is 5.40. The SMILES string of the molecule is CCC(CC)NCc1cncc(C)c1. The summed E-state index contributed by atoms with van der Waals surface area (Å²) in [6, 6.07) is 2.82. The topological polar surface area (TPSA) is 24.9 Å². The summed E-state index contributed by atoms with van der Waals surface area (Å²) < 4.78 is 0. The van der Waals surface area contributed by atoms with E-state index < -0.39 is 0 Å². The van der Waals surface area contributed by atoms with Gasteiger partial charge in [0.15, 0.2) is 0 Å². The Morgan fingerprint density at radius 3 is 2.57 bits per heavy atom. The van der Waals surface area contributed by atoms with Gasteiger partial charge < -0.3 is 5.32 Å². The van der Waals surface area contributed by atoms with E-state index in [4.69, 9.17) is 0 Å². The Balaban J connectivity index is 2.44. The molecule has 0 saturated heterocycles. The molecule has 1 rings (SSSR count). The molecule has 0 radical (unpaired) electrons. The highest BCUT2D eigenvalue weighted by molar-refractivity contribution is 5.16. The summed E-state index contributed by atoms with van der Waals surface area (Å²) >= 11 is 0. The molecule has 2 heteroatoms. The van der Waals surface area contributed by atoms with Crippen LogP contribution in [0.3, 0.4) is 0 Å². The highest BCUT2D eigenvalue weighted by Gasteiger charge is 2.01. The largest absolute Gasteiger partial charge is 0.310 e. The van der Waals surface area contributed by atoms with Gasteiger partial charge in [-0.05, 0) is 30.9 Å². The van der Waals surface area contributed by atoms with E-state index in [0.29, 0.717) is 6.04 Å². The predicted molar refractivity (Wildman–Crippen MR) is 60.2 cm³/mol. The second-order valence-electron chi connectivity index (χ2n) is 3.76. The normalized spacial score (nSPS) is 10.9. The molecule has 78 valence electrons. The highest BCUT2D eigenvalue weighted by Crippen LogP contribution is 2.03. The molecule has 0 aromatic carbocycles. The minimum Gasteiger partial charge on any atom is -0.310 e. The molecule has 14 heavy (non-hydrogen) atoms. The molecule has 1 heterocycles. The fourth-order valence-electron chi connectivity index (χ4n) is 1.55. The highest BCUT2D eigenvalue weighted by atomic mass is 14.9. The van der Waals surface area contributed by atoms with E-state index in [-0.39, 0.29) is 0 Å². The van der Waals surface area contributed by atoms with Gasteiger partial charge in [-0.1, -0.05) is 19.9 Å². The second kappa shape index (κ2) is 5.76. The average Bonchev–Trinajstić information content (AvgIpc) is 2.19. The van der Waals surface area contributed by atoms with Crippen molar-refractivity contribution in [3.8, 4) is 0 Å². The van der Waals surface area contributed by atoms with Crippen molar-refractivity contribution in [2.45, 2.75) is 46.2 Å². The quantitative estimate of drug-likeness (QED) is 0.775. The van der Waals surface area contributed by atoms with Crippen molar-refractivity contribution in [2.75, 3.05) is 0 Å². The third-order valence-electron chi connectivity index (χ3n) is 2.51. The van der Waals surface area contributed by atoms with Gasteiger partial charge in [-0.25, -0.2) is 0 Å². The van der Waals surface area contributed by atoms with Crippen LogP contribution in [0.2, 0.25) is 0 Å². The van der Waals surface area contributed by atoms with Gasteiger partial charge in [0.25, 0.3) is 0 Å². The van der Waals surface area contributed by atoms with Gasteiger partial charge in [-0.3, -0.25) is 4.98 Å². The maximum Gasteiger partial charge on any atom is 0.0313 e. The van der Waals surface area contributed by atoms with E-state index in [2.05, 4.69) is 37.1 Å². The van der Waals surface area contributed by atoms with Crippen molar-refractivity contribution in [3.63, 3.8) is 0 Å². The van der Waals surface area contributed by atoms with Gasteiger partial charge in [0, 0.05) is 25.0 Å². The maximum atomic E-state index is 4.17. The van der Waals surface area contributed by atoms with Crippen molar-refractivity contribution in [3.05, 3.63) is 29.6 Å². The lowest BCUT2D eigenvalue weighted by molar-refractivity contribution is 0.483. The summed E-state index contributed by atoms with van der Waals surface area (Å²) in [4.78, 5) is 4.17. The third kappa shape index (κ3) is 3.46. The molecular weight excluding hydrogens is 172 g/mol. The number of hydrogen-bond acceptors (Lipinski definition) is 2. The molecule has 0 aliphatic heterocycles. The number of nitrogens with zero attached hydrogens (tertiary/aromatic N) is 1. The van der Waals surface area contributed by atoms with Gasteiger partial charge >= 0.3 is 0 Å². The second-order valence-corrected chi connectivity index (χ2v) is 3.76.